The topological polar surface area (TPSA) is 59.0 Å². The Hall–Kier alpha value is -1.86. The van der Waals surface area contributed by atoms with Gasteiger partial charge < -0.3 is 10.5 Å². The van der Waals surface area contributed by atoms with Gasteiger partial charge in [0.1, 0.15) is 0 Å². The molecule has 2 aromatic rings. The van der Waals surface area contributed by atoms with E-state index in [1.165, 1.54) is 16.7 Å². The van der Waals surface area contributed by atoms with Crippen LogP contribution in [0.15, 0.2) is 42.5 Å². The molecule has 21 heavy (non-hydrogen) atoms. The number of fused-ring (bicyclic) bond motifs is 1. The van der Waals surface area contributed by atoms with Crippen LogP contribution in [0, 0.1) is 11.3 Å². The number of nitrogens with two attached hydrogens (primary N) is 1. The minimum atomic E-state index is -0.00270. The highest BCUT2D eigenvalue weighted by Gasteiger charge is 2.21. The van der Waals surface area contributed by atoms with Crippen molar-refractivity contribution >= 4 is 12.4 Å². The van der Waals surface area contributed by atoms with Crippen molar-refractivity contribution < 1.29 is 4.74 Å². The molecule has 2 N–H and O–H groups in total. The second-order valence-corrected chi connectivity index (χ2v) is 4.91. The number of hydrogen-bond donors (Lipinski definition) is 1. The maximum absolute atomic E-state index is 8.88. The fourth-order valence-corrected chi connectivity index (χ4v) is 2.77. The fraction of sp³-hybridized carbons (Fsp3) is 0.235. The van der Waals surface area contributed by atoms with Gasteiger partial charge in [0.25, 0.3) is 0 Å². The van der Waals surface area contributed by atoms with Crippen molar-refractivity contribution in [1.29, 1.82) is 5.26 Å². The van der Waals surface area contributed by atoms with E-state index in [-0.39, 0.29) is 18.5 Å². The first kappa shape index (κ1) is 15.5. The number of hydrogen-bond acceptors (Lipinski definition) is 3. The van der Waals surface area contributed by atoms with Crippen LogP contribution in [0.3, 0.4) is 0 Å². The Bertz CT molecular complexity index is 661. The monoisotopic (exact) mass is 300 g/mol. The summed E-state index contributed by atoms with van der Waals surface area (Å²) in [5, 5.41) is 8.88. The molecule has 2 aromatic carbocycles. The second kappa shape index (κ2) is 6.73. The molecule has 3 nitrogen and oxygen atoms in total. The van der Waals surface area contributed by atoms with E-state index in [1.54, 1.807) is 0 Å². The number of halogens is 1. The van der Waals surface area contributed by atoms with Crippen LogP contribution in [0.1, 0.15) is 22.8 Å². The number of nitrogens with zero attached hydrogens (tertiary/aromatic N) is 1. The molecular formula is C17H17ClN2O. The standard InChI is InChI=1S/C17H16N2O.ClH/c18-10-12-4-6-13(7-5-12)14-2-1-3-16-15(14)8-9-20-17(16)11-19;/h1-7,17H,8-9,11,19H2;1H/t17-;/m1./s1. The third kappa shape index (κ3) is 2.93. The van der Waals surface area contributed by atoms with Gasteiger partial charge in [-0.2, -0.15) is 5.26 Å². The average molecular weight is 301 g/mol. The second-order valence-electron chi connectivity index (χ2n) is 4.91. The first-order valence-electron chi connectivity index (χ1n) is 6.77. The Morgan fingerprint density at radius 1 is 1.19 bits per heavy atom. The minimum Gasteiger partial charge on any atom is -0.372 e. The van der Waals surface area contributed by atoms with Gasteiger partial charge in [0.05, 0.1) is 24.3 Å². The number of rotatable bonds is 2. The van der Waals surface area contributed by atoms with Crippen LogP contribution in [0.5, 0.6) is 0 Å². The molecule has 0 radical (unpaired) electrons. The van der Waals surface area contributed by atoms with Crippen LogP contribution in [0.2, 0.25) is 0 Å². The Labute approximate surface area is 130 Å². The SMILES string of the molecule is Cl.N#Cc1ccc(-c2cccc3c2CCO[C@@H]3CN)cc1. The summed E-state index contributed by atoms with van der Waals surface area (Å²) < 4.78 is 5.71. The third-order valence-corrected chi connectivity index (χ3v) is 3.77. The van der Waals surface area contributed by atoms with Crippen molar-refractivity contribution in [3.8, 4) is 17.2 Å². The lowest BCUT2D eigenvalue weighted by Crippen LogP contribution is -2.23. The molecule has 1 aliphatic heterocycles. The number of nitriles is 1. The van der Waals surface area contributed by atoms with Crippen LogP contribution in [-0.4, -0.2) is 13.2 Å². The molecule has 0 unspecified atom stereocenters. The van der Waals surface area contributed by atoms with Crippen LogP contribution >= 0.6 is 12.4 Å². The van der Waals surface area contributed by atoms with Crippen molar-refractivity contribution in [2.75, 3.05) is 13.2 Å². The molecule has 0 spiro atoms. The van der Waals surface area contributed by atoms with Gasteiger partial charge in [0, 0.05) is 6.54 Å². The fourth-order valence-electron chi connectivity index (χ4n) is 2.77. The third-order valence-electron chi connectivity index (χ3n) is 3.77. The summed E-state index contributed by atoms with van der Waals surface area (Å²) in [5.41, 5.74) is 11.3. The van der Waals surface area contributed by atoms with Gasteiger partial charge in [-0.3, -0.25) is 0 Å². The predicted octanol–water partition coefficient (Wildman–Crippen LogP) is 3.22. The maximum atomic E-state index is 8.88. The lowest BCUT2D eigenvalue weighted by molar-refractivity contribution is 0.0486. The molecule has 108 valence electrons. The van der Waals surface area contributed by atoms with E-state index in [0.29, 0.717) is 18.7 Å². The Balaban J connectivity index is 0.00000161. The predicted molar refractivity (Wildman–Crippen MR) is 85.3 cm³/mol. The first-order valence-corrected chi connectivity index (χ1v) is 6.77. The Kier molecular flexibility index (Phi) is 4.98. The van der Waals surface area contributed by atoms with Gasteiger partial charge >= 0.3 is 0 Å². The van der Waals surface area contributed by atoms with Crippen LogP contribution in [-0.2, 0) is 11.2 Å². The van der Waals surface area contributed by atoms with Gasteiger partial charge in [-0.15, -0.1) is 12.4 Å². The minimum absolute atomic E-state index is 0. The summed E-state index contributed by atoms with van der Waals surface area (Å²) in [4.78, 5) is 0. The molecule has 1 aliphatic rings. The van der Waals surface area contributed by atoms with Crippen LogP contribution < -0.4 is 5.73 Å². The molecule has 0 aromatic heterocycles. The quantitative estimate of drug-likeness (QED) is 0.926. The maximum Gasteiger partial charge on any atom is 0.0991 e. The van der Waals surface area contributed by atoms with Gasteiger partial charge in [0.15, 0.2) is 0 Å². The Morgan fingerprint density at radius 3 is 2.62 bits per heavy atom. The van der Waals surface area contributed by atoms with E-state index >= 15 is 0 Å². The molecule has 4 heteroatoms. The Morgan fingerprint density at radius 2 is 1.95 bits per heavy atom. The lowest BCUT2D eigenvalue weighted by Gasteiger charge is -2.27. The van der Waals surface area contributed by atoms with Crippen LogP contribution in [0.4, 0.5) is 0 Å². The zero-order valence-electron chi connectivity index (χ0n) is 11.6. The molecule has 0 bridgehead atoms. The molecule has 0 saturated heterocycles. The van der Waals surface area contributed by atoms with E-state index < -0.39 is 0 Å². The molecule has 1 atom stereocenters. The zero-order valence-corrected chi connectivity index (χ0v) is 12.4. The van der Waals surface area contributed by atoms with E-state index in [2.05, 4.69) is 18.2 Å². The van der Waals surface area contributed by atoms with E-state index in [0.717, 1.165) is 12.0 Å². The van der Waals surface area contributed by atoms with Crippen molar-refractivity contribution in [3.05, 3.63) is 59.2 Å². The van der Waals surface area contributed by atoms with E-state index in [9.17, 15) is 0 Å². The van der Waals surface area contributed by atoms with Crippen molar-refractivity contribution in [2.45, 2.75) is 12.5 Å². The van der Waals surface area contributed by atoms with E-state index in [1.807, 2.05) is 30.3 Å². The summed E-state index contributed by atoms with van der Waals surface area (Å²) in [5.74, 6) is 0. The molecule has 0 amide bonds. The molecule has 3 rings (SSSR count). The van der Waals surface area contributed by atoms with Gasteiger partial charge in [-0.05, 0) is 40.8 Å². The highest BCUT2D eigenvalue weighted by atomic mass is 35.5. The van der Waals surface area contributed by atoms with Crippen molar-refractivity contribution in [2.24, 2.45) is 5.73 Å². The first-order chi connectivity index (χ1) is 9.83. The van der Waals surface area contributed by atoms with Gasteiger partial charge in [0.2, 0.25) is 0 Å². The summed E-state index contributed by atoms with van der Waals surface area (Å²) in [6.07, 6.45) is 0.902. The normalized spacial score (nSPS) is 16.5. The molecular weight excluding hydrogens is 284 g/mol. The zero-order chi connectivity index (χ0) is 13.9. The highest BCUT2D eigenvalue weighted by Crippen LogP contribution is 2.34. The summed E-state index contributed by atoms with van der Waals surface area (Å²) in [6, 6.07) is 16.1. The smallest absolute Gasteiger partial charge is 0.0991 e. The number of ether oxygens (including phenoxy) is 1. The van der Waals surface area contributed by atoms with Gasteiger partial charge in [-0.25, -0.2) is 0 Å². The van der Waals surface area contributed by atoms with Crippen molar-refractivity contribution in [3.63, 3.8) is 0 Å². The highest BCUT2D eigenvalue weighted by molar-refractivity contribution is 5.85. The molecule has 0 fully saturated rings. The lowest BCUT2D eigenvalue weighted by atomic mass is 9.89. The number of benzene rings is 2. The van der Waals surface area contributed by atoms with Crippen molar-refractivity contribution in [1.82, 2.24) is 0 Å². The largest absolute Gasteiger partial charge is 0.372 e. The molecule has 0 aliphatic carbocycles. The summed E-state index contributed by atoms with van der Waals surface area (Å²) in [7, 11) is 0. The molecule has 0 saturated carbocycles. The average Bonchev–Trinajstić information content (AvgIpc) is 2.54. The van der Waals surface area contributed by atoms with Gasteiger partial charge in [-0.1, -0.05) is 30.3 Å². The summed E-state index contributed by atoms with van der Waals surface area (Å²) in [6.45, 7) is 1.21. The molecule has 1 heterocycles. The summed E-state index contributed by atoms with van der Waals surface area (Å²) >= 11 is 0. The van der Waals surface area contributed by atoms with Crippen LogP contribution in [0.25, 0.3) is 11.1 Å². The van der Waals surface area contributed by atoms with E-state index in [4.69, 9.17) is 15.7 Å².